The monoisotopic (exact) mass is 171 g/mol. The molecule has 0 N–H and O–H groups in total. The van der Waals surface area contributed by atoms with Crippen LogP contribution in [-0.2, 0) is 4.74 Å². The summed E-state index contributed by atoms with van der Waals surface area (Å²) in [5.74, 6) is -1.40. The molecule has 2 nitrogen and oxygen atoms in total. The first-order valence-electron chi connectivity index (χ1n) is 3.66. The molecule has 2 heterocycles. The highest BCUT2D eigenvalue weighted by Gasteiger charge is 2.21. The summed E-state index contributed by atoms with van der Waals surface area (Å²) in [5, 5.41) is 0. The third-order valence-corrected chi connectivity index (χ3v) is 1.89. The van der Waals surface area contributed by atoms with Crippen molar-refractivity contribution in [2.45, 2.75) is 5.92 Å². The molecule has 1 fully saturated rings. The first kappa shape index (κ1) is 7.61. The predicted molar refractivity (Wildman–Crippen MR) is 37.7 cm³/mol. The van der Waals surface area contributed by atoms with Crippen molar-refractivity contribution >= 4 is 0 Å². The van der Waals surface area contributed by atoms with Gasteiger partial charge in [-0.25, -0.2) is 0 Å². The summed E-state index contributed by atoms with van der Waals surface area (Å²) in [7, 11) is 0. The molecule has 0 aliphatic carbocycles. The van der Waals surface area contributed by atoms with Crippen LogP contribution in [0.2, 0.25) is 0 Å². The minimum atomic E-state index is -0.767. The summed E-state index contributed by atoms with van der Waals surface area (Å²) in [6, 6.07) is 2.49. The number of nitrogens with zero attached hydrogens (tertiary/aromatic N) is 1. The number of ether oxygens (including phenoxy) is 1. The topological polar surface area (TPSA) is 22.1 Å². The maximum atomic E-state index is 12.6. The molecule has 64 valence electrons. The molecule has 1 aliphatic heterocycles. The molecule has 4 heteroatoms. The van der Waals surface area contributed by atoms with E-state index >= 15 is 0 Å². The number of hydrogen-bond donors (Lipinski definition) is 0. The summed E-state index contributed by atoms with van der Waals surface area (Å²) in [5.41, 5.74) is 0.631. The molecule has 1 aromatic rings. The maximum Gasteiger partial charge on any atom is 0.215 e. The van der Waals surface area contributed by atoms with E-state index in [0.717, 1.165) is 0 Å². The van der Waals surface area contributed by atoms with Crippen LogP contribution in [0.15, 0.2) is 12.1 Å². The second-order valence-corrected chi connectivity index (χ2v) is 2.78. The van der Waals surface area contributed by atoms with E-state index in [1.165, 1.54) is 12.1 Å². The molecule has 0 bridgehead atoms. The van der Waals surface area contributed by atoms with Gasteiger partial charge in [-0.3, -0.25) is 0 Å². The van der Waals surface area contributed by atoms with Gasteiger partial charge in [0.05, 0.1) is 13.2 Å². The Morgan fingerprint density at radius 1 is 1.25 bits per heavy atom. The van der Waals surface area contributed by atoms with E-state index in [1.807, 2.05) is 0 Å². The Morgan fingerprint density at radius 3 is 2.25 bits per heavy atom. The zero-order valence-corrected chi connectivity index (χ0v) is 6.26. The van der Waals surface area contributed by atoms with Crippen LogP contribution < -0.4 is 0 Å². The maximum absolute atomic E-state index is 12.6. The zero-order valence-electron chi connectivity index (χ0n) is 6.26. The molecule has 12 heavy (non-hydrogen) atoms. The minimum Gasteiger partial charge on any atom is -0.380 e. The van der Waals surface area contributed by atoms with Crippen molar-refractivity contribution in [1.29, 1.82) is 0 Å². The average molecular weight is 171 g/mol. The quantitative estimate of drug-likeness (QED) is 0.597. The van der Waals surface area contributed by atoms with Crippen molar-refractivity contribution in [1.82, 2.24) is 4.98 Å². The standard InChI is InChI=1S/C8H7F2NO/c9-7-1-5(2-8(10)11-7)6-3-12-4-6/h1-2,6H,3-4H2. The van der Waals surface area contributed by atoms with E-state index in [1.54, 1.807) is 0 Å². The molecule has 0 unspecified atom stereocenters. The number of rotatable bonds is 1. The van der Waals surface area contributed by atoms with Crippen molar-refractivity contribution in [3.05, 3.63) is 29.6 Å². The van der Waals surface area contributed by atoms with Gasteiger partial charge in [-0.2, -0.15) is 13.8 Å². The van der Waals surface area contributed by atoms with E-state index in [2.05, 4.69) is 4.98 Å². The normalized spacial score (nSPS) is 17.5. The fourth-order valence-corrected chi connectivity index (χ4v) is 1.15. The smallest absolute Gasteiger partial charge is 0.215 e. The van der Waals surface area contributed by atoms with Crippen LogP contribution in [0.4, 0.5) is 8.78 Å². The van der Waals surface area contributed by atoms with Gasteiger partial charge >= 0.3 is 0 Å². The van der Waals surface area contributed by atoms with Gasteiger partial charge in [0.1, 0.15) is 0 Å². The Labute approximate surface area is 68.2 Å². The molecule has 2 rings (SSSR count). The van der Waals surface area contributed by atoms with Gasteiger partial charge in [-0.15, -0.1) is 0 Å². The Kier molecular flexibility index (Phi) is 1.77. The summed E-state index contributed by atoms with van der Waals surface area (Å²) >= 11 is 0. The molecular weight excluding hydrogens is 164 g/mol. The van der Waals surface area contributed by atoms with Crippen molar-refractivity contribution in [2.75, 3.05) is 13.2 Å². The Balaban J connectivity index is 2.30. The number of aromatic nitrogens is 1. The number of pyridine rings is 1. The fourth-order valence-electron chi connectivity index (χ4n) is 1.15. The van der Waals surface area contributed by atoms with Gasteiger partial charge in [-0.1, -0.05) is 0 Å². The lowest BCUT2D eigenvalue weighted by molar-refractivity contribution is 0.00813. The zero-order chi connectivity index (χ0) is 8.55. The molecule has 0 radical (unpaired) electrons. The van der Waals surface area contributed by atoms with Crippen molar-refractivity contribution in [3.63, 3.8) is 0 Å². The molecule has 1 saturated heterocycles. The largest absolute Gasteiger partial charge is 0.380 e. The number of halogens is 2. The SMILES string of the molecule is Fc1cc(C2COC2)cc(F)n1. The van der Waals surface area contributed by atoms with E-state index in [0.29, 0.717) is 18.8 Å². The van der Waals surface area contributed by atoms with Crippen molar-refractivity contribution in [2.24, 2.45) is 0 Å². The molecule has 1 aromatic heterocycles. The number of hydrogen-bond acceptors (Lipinski definition) is 2. The molecule has 0 aromatic carbocycles. The first-order valence-corrected chi connectivity index (χ1v) is 3.66. The molecule has 0 amide bonds. The summed E-state index contributed by atoms with van der Waals surface area (Å²) in [4.78, 5) is 3.00. The summed E-state index contributed by atoms with van der Waals surface area (Å²) < 4.78 is 30.0. The Bertz CT molecular complexity index is 279. The molecule has 0 atom stereocenters. The summed E-state index contributed by atoms with van der Waals surface area (Å²) in [6.07, 6.45) is 0. The van der Waals surface area contributed by atoms with Crippen LogP contribution in [0.3, 0.4) is 0 Å². The fraction of sp³-hybridized carbons (Fsp3) is 0.375. The second kappa shape index (κ2) is 2.79. The summed E-state index contributed by atoms with van der Waals surface area (Å²) in [6.45, 7) is 1.09. The average Bonchev–Trinajstić information content (AvgIpc) is 1.79. The Morgan fingerprint density at radius 2 is 1.83 bits per heavy atom. The molecule has 0 saturated carbocycles. The van der Waals surface area contributed by atoms with E-state index in [4.69, 9.17) is 4.74 Å². The Hall–Kier alpha value is -1.03. The first-order chi connectivity index (χ1) is 5.75. The van der Waals surface area contributed by atoms with Crippen LogP contribution >= 0.6 is 0 Å². The highest BCUT2D eigenvalue weighted by atomic mass is 19.1. The molecule has 0 spiro atoms. The highest BCUT2D eigenvalue weighted by Crippen LogP contribution is 2.24. The predicted octanol–water partition coefficient (Wildman–Crippen LogP) is 1.47. The third kappa shape index (κ3) is 1.30. The second-order valence-electron chi connectivity index (χ2n) is 2.78. The minimum absolute atomic E-state index is 0.136. The van der Waals surface area contributed by atoms with E-state index in [9.17, 15) is 8.78 Å². The van der Waals surface area contributed by atoms with Crippen molar-refractivity contribution < 1.29 is 13.5 Å². The van der Waals surface area contributed by atoms with Crippen LogP contribution in [0, 0.1) is 11.9 Å². The van der Waals surface area contributed by atoms with Gasteiger partial charge in [0.15, 0.2) is 0 Å². The van der Waals surface area contributed by atoms with Crippen LogP contribution in [0.1, 0.15) is 11.5 Å². The lowest BCUT2D eigenvalue weighted by Crippen LogP contribution is -2.25. The van der Waals surface area contributed by atoms with E-state index < -0.39 is 11.9 Å². The van der Waals surface area contributed by atoms with Gasteiger partial charge in [-0.05, 0) is 17.7 Å². The molecule has 1 aliphatic rings. The lowest BCUT2D eigenvalue weighted by Gasteiger charge is -2.25. The van der Waals surface area contributed by atoms with Gasteiger partial charge < -0.3 is 4.74 Å². The molecular formula is C8H7F2NO. The van der Waals surface area contributed by atoms with Crippen LogP contribution in [0.25, 0.3) is 0 Å². The van der Waals surface area contributed by atoms with Crippen LogP contribution in [0.5, 0.6) is 0 Å². The highest BCUT2D eigenvalue weighted by molar-refractivity contribution is 5.19. The lowest BCUT2D eigenvalue weighted by atomic mass is 9.99. The van der Waals surface area contributed by atoms with Gasteiger partial charge in [0.25, 0.3) is 0 Å². The van der Waals surface area contributed by atoms with Crippen molar-refractivity contribution in [3.8, 4) is 0 Å². The third-order valence-electron chi connectivity index (χ3n) is 1.89. The van der Waals surface area contributed by atoms with Crippen LogP contribution in [-0.4, -0.2) is 18.2 Å². The van der Waals surface area contributed by atoms with Gasteiger partial charge in [0, 0.05) is 5.92 Å². The van der Waals surface area contributed by atoms with E-state index in [-0.39, 0.29) is 5.92 Å². The van der Waals surface area contributed by atoms with Gasteiger partial charge in [0.2, 0.25) is 11.9 Å².